The van der Waals surface area contributed by atoms with Crippen LogP contribution < -0.4 is 5.32 Å². The molecule has 2 saturated heterocycles. The zero-order valence-electron chi connectivity index (χ0n) is 14.3. The van der Waals surface area contributed by atoms with Gasteiger partial charge in [0.2, 0.25) is 5.91 Å². The number of amides is 2. The summed E-state index contributed by atoms with van der Waals surface area (Å²) < 4.78 is 17.1. The Balaban J connectivity index is 1.63. The van der Waals surface area contributed by atoms with Crippen LogP contribution in [0, 0.1) is 0 Å². The van der Waals surface area contributed by atoms with Crippen LogP contribution in [0.3, 0.4) is 0 Å². The predicted molar refractivity (Wildman–Crippen MR) is 94.2 cm³/mol. The van der Waals surface area contributed by atoms with Crippen LogP contribution in [-0.4, -0.2) is 73.4 Å². The van der Waals surface area contributed by atoms with E-state index in [1.54, 1.807) is 24.3 Å². The molecule has 1 spiro atoms. The number of carbonyl (C=O) groups excluding carboxylic acids is 2. The van der Waals surface area contributed by atoms with E-state index in [0.29, 0.717) is 25.2 Å². The normalized spacial score (nSPS) is 22.6. The van der Waals surface area contributed by atoms with Gasteiger partial charge >= 0.3 is 0 Å². The Morgan fingerprint density at radius 1 is 1.38 bits per heavy atom. The number of aliphatic hydroxyl groups is 1. The molecule has 0 saturated carbocycles. The molecule has 0 aromatic heterocycles. The number of ether oxygens (including phenoxy) is 3. The summed E-state index contributed by atoms with van der Waals surface area (Å²) in [4.78, 5) is 26.3. The zero-order valence-corrected chi connectivity index (χ0v) is 15.9. The Hall–Kier alpha value is -1.52. The van der Waals surface area contributed by atoms with E-state index < -0.39 is 18.1 Å². The van der Waals surface area contributed by atoms with Gasteiger partial charge in [-0.3, -0.25) is 9.59 Å². The van der Waals surface area contributed by atoms with Crippen molar-refractivity contribution in [2.75, 3.05) is 33.4 Å². The number of carbonyl (C=O) groups is 2. The maximum atomic E-state index is 12.6. The van der Waals surface area contributed by atoms with Crippen molar-refractivity contribution in [2.45, 2.75) is 24.5 Å². The summed E-state index contributed by atoms with van der Waals surface area (Å²) in [6.07, 6.45) is -0.845. The zero-order chi connectivity index (χ0) is 18.7. The van der Waals surface area contributed by atoms with Crippen molar-refractivity contribution in [3.8, 4) is 0 Å². The molecule has 0 bridgehead atoms. The molecule has 1 unspecified atom stereocenters. The van der Waals surface area contributed by atoms with Gasteiger partial charge in [0, 0.05) is 23.6 Å². The smallest absolute Gasteiger partial charge is 0.251 e. The topological polar surface area (TPSA) is 97.3 Å². The van der Waals surface area contributed by atoms with Crippen LogP contribution in [-0.2, 0) is 19.0 Å². The van der Waals surface area contributed by atoms with E-state index in [4.69, 9.17) is 14.2 Å². The molecule has 142 valence electrons. The first-order valence-corrected chi connectivity index (χ1v) is 9.05. The minimum atomic E-state index is -1.16. The average molecular weight is 429 g/mol. The highest BCUT2D eigenvalue weighted by Crippen LogP contribution is 2.36. The van der Waals surface area contributed by atoms with Crippen molar-refractivity contribution in [1.82, 2.24) is 10.2 Å². The molecular formula is C17H21BrN2O6. The highest BCUT2D eigenvalue weighted by Gasteiger charge is 2.52. The number of likely N-dealkylation sites (tertiary alicyclic amines) is 1. The lowest BCUT2D eigenvalue weighted by molar-refractivity contribution is -0.152. The van der Waals surface area contributed by atoms with Gasteiger partial charge in [0.15, 0.2) is 12.1 Å². The summed E-state index contributed by atoms with van der Waals surface area (Å²) in [6, 6.07) is 6.22. The van der Waals surface area contributed by atoms with Crippen LogP contribution in [0.2, 0.25) is 0 Å². The molecule has 2 heterocycles. The molecule has 2 fully saturated rings. The molecule has 1 aromatic rings. The second-order valence-electron chi connectivity index (χ2n) is 6.22. The molecule has 26 heavy (non-hydrogen) atoms. The molecule has 1 aromatic carbocycles. The van der Waals surface area contributed by atoms with E-state index in [2.05, 4.69) is 21.2 Å². The lowest BCUT2D eigenvalue weighted by Crippen LogP contribution is -2.47. The van der Waals surface area contributed by atoms with E-state index in [-0.39, 0.29) is 24.9 Å². The van der Waals surface area contributed by atoms with Crippen LogP contribution in [0.1, 0.15) is 16.8 Å². The Labute approximate surface area is 159 Å². The number of halogens is 1. The molecule has 2 aliphatic heterocycles. The van der Waals surface area contributed by atoms with Crippen LogP contribution in [0.25, 0.3) is 0 Å². The Bertz CT molecular complexity index is 662. The van der Waals surface area contributed by atoms with E-state index >= 15 is 0 Å². The first kappa shape index (κ1) is 19.2. The third kappa shape index (κ3) is 4.07. The average Bonchev–Trinajstić information content (AvgIpc) is 3.26. The van der Waals surface area contributed by atoms with Crippen molar-refractivity contribution < 1.29 is 28.9 Å². The SMILES string of the molecule is COC(O)[C@@H]1CC2(CN1C(=O)CNC(=O)c1ccc(Br)cc1)OCCO2. The van der Waals surface area contributed by atoms with Gasteiger partial charge in [-0.1, -0.05) is 15.9 Å². The number of hydrogen-bond donors (Lipinski definition) is 2. The predicted octanol–water partition coefficient (Wildman–Crippen LogP) is 0.488. The second kappa shape index (κ2) is 8.01. The Morgan fingerprint density at radius 3 is 2.65 bits per heavy atom. The maximum Gasteiger partial charge on any atom is 0.251 e. The monoisotopic (exact) mass is 428 g/mol. The summed E-state index contributed by atoms with van der Waals surface area (Å²) >= 11 is 3.31. The molecule has 2 atom stereocenters. The Kier molecular flexibility index (Phi) is 5.93. The summed E-state index contributed by atoms with van der Waals surface area (Å²) in [6.45, 7) is 0.874. The van der Waals surface area contributed by atoms with E-state index in [9.17, 15) is 14.7 Å². The fraction of sp³-hybridized carbons (Fsp3) is 0.529. The van der Waals surface area contributed by atoms with Crippen LogP contribution >= 0.6 is 15.9 Å². The summed E-state index contributed by atoms with van der Waals surface area (Å²) in [7, 11) is 1.37. The molecular weight excluding hydrogens is 408 g/mol. The number of hydrogen-bond acceptors (Lipinski definition) is 6. The van der Waals surface area contributed by atoms with Crippen LogP contribution in [0.4, 0.5) is 0 Å². The molecule has 2 aliphatic rings. The van der Waals surface area contributed by atoms with Gasteiger partial charge in [-0.2, -0.15) is 0 Å². The standard InChI is InChI=1S/C17H21BrN2O6/c1-24-16(23)13-8-17(25-6-7-26-17)10-20(13)14(21)9-19-15(22)11-2-4-12(18)5-3-11/h2-5,13,16,23H,6-10H2,1H3,(H,19,22)/t13-,16?/m0/s1. The third-order valence-corrected chi connectivity index (χ3v) is 5.07. The number of aliphatic hydroxyl groups excluding tert-OH is 1. The molecule has 2 N–H and O–H groups in total. The van der Waals surface area contributed by atoms with Gasteiger partial charge in [-0.25, -0.2) is 0 Å². The number of nitrogens with one attached hydrogen (secondary N) is 1. The van der Waals surface area contributed by atoms with Crippen molar-refractivity contribution in [2.24, 2.45) is 0 Å². The van der Waals surface area contributed by atoms with Gasteiger partial charge in [0.25, 0.3) is 5.91 Å². The molecule has 3 rings (SSSR count). The third-order valence-electron chi connectivity index (χ3n) is 4.54. The summed E-state index contributed by atoms with van der Waals surface area (Å²) in [5.74, 6) is -1.60. The van der Waals surface area contributed by atoms with E-state index in [0.717, 1.165) is 4.47 Å². The molecule has 2 amide bonds. The number of benzene rings is 1. The van der Waals surface area contributed by atoms with Crippen molar-refractivity contribution >= 4 is 27.7 Å². The lowest BCUT2D eigenvalue weighted by atomic mass is 10.1. The highest BCUT2D eigenvalue weighted by molar-refractivity contribution is 9.10. The molecule has 0 radical (unpaired) electrons. The highest BCUT2D eigenvalue weighted by atomic mass is 79.9. The van der Waals surface area contributed by atoms with Crippen molar-refractivity contribution in [3.63, 3.8) is 0 Å². The van der Waals surface area contributed by atoms with Gasteiger partial charge in [-0.15, -0.1) is 0 Å². The van der Waals surface area contributed by atoms with Crippen LogP contribution in [0.15, 0.2) is 28.7 Å². The quantitative estimate of drug-likeness (QED) is 0.662. The minimum Gasteiger partial charge on any atom is -0.366 e. The van der Waals surface area contributed by atoms with Gasteiger partial charge in [0.1, 0.15) is 0 Å². The van der Waals surface area contributed by atoms with Crippen molar-refractivity contribution in [1.29, 1.82) is 0 Å². The molecule has 0 aliphatic carbocycles. The largest absolute Gasteiger partial charge is 0.366 e. The minimum absolute atomic E-state index is 0.186. The van der Waals surface area contributed by atoms with Gasteiger partial charge in [0.05, 0.1) is 32.3 Å². The molecule has 9 heteroatoms. The molecule has 8 nitrogen and oxygen atoms in total. The number of nitrogens with zero attached hydrogens (tertiary/aromatic N) is 1. The Morgan fingerprint density at radius 2 is 2.04 bits per heavy atom. The van der Waals surface area contributed by atoms with E-state index in [1.807, 2.05) is 0 Å². The summed E-state index contributed by atoms with van der Waals surface area (Å²) in [5.41, 5.74) is 0.454. The van der Waals surface area contributed by atoms with Gasteiger partial charge in [-0.05, 0) is 24.3 Å². The van der Waals surface area contributed by atoms with E-state index in [1.165, 1.54) is 12.0 Å². The number of methoxy groups -OCH3 is 1. The van der Waals surface area contributed by atoms with Crippen molar-refractivity contribution in [3.05, 3.63) is 34.3 Å². The lowest BCUT2D eigenvalue weighted by Gasteiger charge is -2.27. The first-order chi connectivity index (χ1) is 12.4. The number of rotatable bonds is 5. The maximum absolute atomic E-state index is 12.6. The summed E-state index contributed by atoms with van der Waals surface area (Å²) in [5, 5.41) is 12.7. The van der Waals surface area contributed by atoms with Gasteiger partial charge < -0.3 is 29.5 Å². The fourth-order valence-corrected chi connectivity index (χ4v) is 3.49. The van der Waals surface area contributed by atoms with Crippen LogP contribution in [0.5, 0.6) is 0 Å². The fourth-order valence-electron chi connectivity index (χ4n) is 3.22. The second-order valence-corrected chi connectivity index (χ2v) is 7.13. The first-order valence-electron chi connectivity index (χ1n) is 8.26.